The summed E-state index contributed by atoms with van der Waals surface area (Å²) in [4.78, 5) is 0. The van der Waals surface area contributed by atoms with Crippen LogP contribution in [-0.4, -0.2) is 24.9 Å². The van der Waals surface area contributed by atoms with Crippen molar-refractivity contribution < 1.29 is 9.84 Å². The summed E-state index contributed by atoms with van der Waals surface area (Å²) in [5.74, 6) is 0. The lowest BCUT2D eigenvalue weighted by Gasteiger charge is -2.26. The van der Waals surface area contributed by atoms with Gasteiger partial charge in [0.25, 0.3) is 0 Å². The molecule has 1 N–H and O–H groups in total. The average molecular weight is 222 g/mol. The first kappa shape index (κ1) is 13.2. The maximum atomic E-state index is 9.43. The summed E-state index contributed by atoms with van der Waals surface area (Å²) < 4.78 is 5.29. The van der Waals surface area contributed by atoms with Gasteiger partial charge in [0.05, 0.1) is 12.7 Å². The van der Waals surface area contributed by atoms with Gasteiger partial charge in [-0.1, -0.05) is 38.1 Å². The standard InChI is InChI=1S/C14H22O2/c1-11(16-4)9-12-7-5-6-8-13(12)14(2,3)10-15/h5-8,11,15H,9-10H2,1-4H3. The Bertz CT molecular complexity index is 331. The summed E-state index contributed by atoms with van der Waals surface area (Å²) in [6.07, 6.45) is 1.09. The zero-order valence-corrected chi connectivity index (χ0v) is 10.7. The Kier molecular flexibility index (Phi) is 4.51. The van der Waals surface area contributed by atoms with Gasteiger partial charge in [-0.3, -0.25) is 0 Å². The van der Waals surface area contributed by atoms with Crippen molar-refractivity contribution in [2.45, 2.75) is 38.7 Å². The Labute approximate surface area is 98.3 Å². The molecule has 0 aliphatic carbocycles. The minimum absolute atomic E-state index is 0.158. The van der Waals surface area contributed by atoms with Crippen molar-refractivity contribution in [2.75, 3.05) is 13.7 Å². The van der Waals surface area contributed by atoms with Gasteiger partial charge in [0, 0.05) is 12.5 Å². The van der Waals surface area contributed by atoms with Crippen molar-refractivity contribution >= 4 is 0 Å². The molecule has 0 aliphatic rings. The molecular weight excluding hydrogens is 200 g/mol. The van der Waals surface area contributed by atoms with Crippen LogP contribution in [0.1, 0.15) is 31.9 Å². The molecule has 16 heavy (non-hydrogen) atoms. The van der Waals surface area contributed by atoms with E-state index in [-0.39, 0.29) is 18.1 Å². The first-order valence-corrected chi connectivity index (χ1v) is 5.73. The molecule has 0 radical (unpaired) electrons. The van der Waals surface area contributed by atoms with Crippen LogP contribution in [0.5, 0.6) is 0 Å². The van der Waals surface area contributed by atoms with E-state index in [1.54, 1.807) is 7.11 Å². The zero-order valence-electron chi connectivity index (χ0n) is 10.7. The maximum absolute atomic E-state index is 9.43. The molecular formula is C14H22O2. The molecule has 1 aromatic carbocycles. The van der Waals surface area contributed by atoms with Gasteiger partial charge in [0.2, 0.25) is 0 Å². The summed E-state index contributed by atoms with van der Waals surface area (Å²) in [6.45, 7) is 6.33. The van der Waals surface area contributed by atoms with E-state index in [0.717, 1.165) is 6.42 Å². The normalized spacial score (nSPS) is 13.8. The van der Waals surface area contributed by atoms with Gasteiger partial charge in [-0.2, -0.15) is 0 Å². The Morgan fingerprint density at radius 3 is 2.50 bits per heavy atom. The van der Waals surface area contributed by atoms with Crippen molar-refractivity contribution in [1.29, 1.82) is 0 Å². The average Bonchev–Trinajstić information content (AvgIpc) is 2.29. The molecule has 0 aliphatic heterocycles. The Balaban J connectivity index is 3.00. The van der Waals surface area contributed by atoms with E-state index in [2.05, 4.69) is 32.9 Å². The molecule has 2 heteroatoms. The minimum atomic E-state index is -0.190. The largest absolute Gasteiger partial charge is 0.395 e. The second-order valence-corrected chi connectivity index (χ2v) is 4.95. The third-order valence-corrected chi connectivity index (χ3v) is 3.05. The first-order valence-electron chi connectivity index (χ1n) is 5.73. The lowest BCUT2D eigenvalue weighted by molar-refractivity contribution is 0.118. The molecule has 0 fully saturated rings. The first-order chi connectivity index (χ1) is 7.51. The molecule has 1 unspecified atom stereocenters. The molecule has 0 bridgehead atoms. The van der Waals surface area contributed by atoms with Crippen molar-refractivity contribution in [3.8, 4) is 0 Å². The van der Waals surface area contributed by atoms with Crippen molar-refractivity contribution in [1.82, 2.24) is 0 Å². The third-order valence-electron chi connectivity index (χ3n) is 3.05. The molecule has 90 valence electrons. The van der Waals surface area contributed by atoms with Gasteiger partial charge >= 0.3 is 0 Å². The fraction of sp³-hybridized carbons (Fsp3) is 0.571. The number of aliphatic hydroxyl groups is 1. The lowest BCUT2D eigenvalue weighted by Crippen LogP contribution is -2.25. The van der Waals surface area contributed by atoms with Gasteiger partial charge in [0.1, 0.15) is 0 Å². The number of aliphatic hydroxyl groups excluding tert-OH is 1. The monoisotopic (exact) mass is 222 g/mol. The maximum Gasteiger partial charge on any atom is 0.0583 e. The van der Waals surface area contributed by atoms with Gasteiger partial charge in [-0.15, -0.1) is 0 Å². The highest BCUT2D eigenvalue weighted by atomic mass is 16.5. The number of hydrogen-bond donors (Lipinski definition) is 1. The van der Waals surface area contributed by atoms with Gasteiger partial charge < -0.3 is 9.84 Å². The molecule has 0 saturated carbocycles. The number of hydrogen-bond acceptors (Lipinski definition) is 2. The quantitative estimate of drug-likeness (QED) is 0.829. The Morgan fingerprint density at radius 1 is 1.31 bits per heavy atom. The molecule has 1 rings (SSSR count). The molecule has 0 heterocycles. The third kappa shape index (κ3) is 3.06. The van der Waals surface area contributed by atoms with Crippen LogP contribution >= 0.6 is 0 Å². The highest BCUT2D eigenvalue weighted by molar-refractivity contribution is 5.33. The molecule has 0 amide bonds. The van der Waals surface area contributed by atoms with Crippen LogP contribution in [0.3, 0.4) is 0 Å². The Hall–Kier alpha value is -0.860. The predicted octanol–water partition coefficient (Wildman–Crippen LogP) is 2.53. The summed E-state index contributed by atoms with van der Waals surface area (Å²) in [5, 5.41) is 9.43. The SMILES string of the molecule is COC(C)Cc1ccccc1C(C)(C)CO. The second-order valence-electron chi connectivity index (χ2n) is 4.95. The highest BCUT2D eigenvalue weighted by Gasteiger charge is 2.22. The fourth-order valence-electron chi connectivity index (χ4n) is 1.84. The second kappa shape index (κ2) is 5.46. The smallest absolute Gasteiger partial charge is 0.0583 e. The molecule has 0 aromatic heterocycles. The van der Waals surface area contributed by atoms with Crippen LogP contribution in [0.15, 0.2) is 24.3 Å². The van der Waals surface area contributed by atoms with Crippen LogP contribution in [0.2, 0.25) is 0 Å². The van der Waals surface area contributed by atoms with E-state index in [1.807, 2.05) is 12.1 Å². The van der Waals surface area contributed by atoms with E-state index in [9.17, 15) is 5.11 Å². The predicted molar refractivity (Wildman–Crippen MR) is 66.7 cm³/mol. The number of methoxy groups -OCH3 is 1. The Morgan fingerprint density at radius 2 is 1.94 bits per heavy atom. The molecule has 0 saturated heterocycles. The van der Waals surface area contributed by atoms with E-state index in [4.69, 9.17) is 4.74 Å². The van der Waals surface area contributed by atoms with Crippen LogP contribution in [-0.2, 0) is 16.6 Å². The minimum Gasteiger partial charge on any atom is -0.395 e. The summed E-state index contributed by atoms with van der Waals surface area (Å²) in [7, 11) is 1.73. The summed E-state index contributed by atoms with van der Waals surface area (Å²) in [5.41, 5.74) is 2.28. The van der Waals surface area contributed by atoms with Crippen molar-refractivity contribution in [2.24, 2.45) is 0 Å². The molecule has 1 aromatic rings. The lowest BCUT2D eigenvalue weighted by atomic mass is 9.81. The summed E-state index contributed by atoms with van der Waals surface area (Å²) in [6, 6.07) is 8.26. The van der Waals surface area contributed by atoms with Crippen LogP contribution in [0, 0.1) is 0 Å². The topological polar surface area (TPSA) is 29.5 Å². The van der Waals surface area contributed by atoms with Crippen LogP contribution in [0.25, 0.3) is 0 Å². The zero-order chi connectivity index (χ0) is 12.2. The number of rotatable bonds is 5. The van der Waals surface area contributed by atoms with Gasteiger partial charge in [-0.25, -0.2) is 0 Å². The van der Waals surface area contributed by atoms with E-state index >= 15 is 0 Å². The van der Waals surface area contributed by atoms with E-state index < -0.39 is 0 Å². The molecule has 0 spiro atoms. The molecule has 2 nitrogen and oxygen atoms in total. The van der Waals surface area contributed by atoms with Crippen LogP contribution < -0.4 is 0 Å². The van der Waals surface area contributed by atoms with Gasteiger partial charge in [-0.05, 0) is 24.5 Å². The fourth-order valence-corrected chi connectivity index (χ4v) is 1.84. The molecule has 1 atom stereocenters. The van der Waals surface area contributed by atoms with Crippen LogP contribution in [0.4, 0.5) is 0 Å². The van der Waals surface area contributed by atoms with Crippen molar-refractivity contribution in [3.63, 3.8) is 0 Å². The van der Waals surface area contributed by atoms with Crippen molar-refractivity contribution in [3.05, 3.63) is 35.4 Å². The van der Waals surface area contributed by atoms with E-state index in [0.29, 0.717) is 0 Å². The van der Waals surface area contributed by atoms with Gasteiger partial charge in [0.15, 0.2) is 0 Å². The highest BCUT2D eigenvalue weighted by Crippen LogP contribution is 2.26. The number of ether oxygens (including phenoxy) is 1. The summed E-state index contributed by atoms with van der Waals surface area (Å²) >= 11 is 0. The number of benzene rings is 1. The van der Waals surface area contributed by atoms with E-state index in [1.165, 1.54) is 11.1 Å².